The number of amides is 2. The maximum Gasteiger partial charge on any atom is 0.248 e. The Bertz CT molecular complexity index is 794. The summed E-state index contributed by atoms with van der Waals surface area (Å²) >= 11 is 0. The Hall–Kier alpha value is -2.88. The second-order valence-electron chi connectivity index (χ2n) is 6.07. The van der Waals surface area contributed by atoms with E-state index in [1.165, 1.54) is 6.08 Å². The predicted molar refractivity (Wildman–Crippen MR) is 102 cm³/mol. The van der Waals surface area contributed by atoms with E-state index in [1.54, 1.807) is 6.08 Å². The van der Waals surface area contributed by atoms with Crippen LogP contribution in [0.4, 0.5) is 11.4 Å². The number of hydrogen-bond donors (Lipinski definition) is 1. The highest BCUT2D eigenvalue weighted by atomic mass is 16.2. The molecule has 0 unspecified atom stereocenters. The molecule has 3 rings (SSSR count). The van der Waals surface area contributed by atoms with E-state index in [2.05, 4.69) is 12.2 Å². The van der Waals surface area contributed by atoms with Gasteiger partial charge in [0.15, 0.2) is 0 Å². The van der Waals surface area contributed by atoms with Crippen molar-refractivity contribution in [2.24, 2.45) is 0 Å². The third-order valence-electron chi connectivity index (χ3n) is 4.36. The Morgan fingerprint density at radius 1 is 1.16 bits per heavy atom. The van der Waals surface area contributed by atoms with Gasteiger partial charge < -0.3 is 10.2 Å². The fourth-order valence-electron chi connectivity index (χ4n) is 2.98. The van der Waals surface area contributed by atoms with Gasteiger partial charge in [-0.1, -0.05) is 37.3 Å². The Morgan fingerprint density at radius 2 is 1.92 bits per heavy atom. The maximum absolute atomic E-state index is 12.1. The standard InChI is InChI=1S/C21H22N2O2/c1-2-17-6-3-4-7-19(17)22-20(24)14-11-16-9-12-18(13-10-16)23-15-5-8-21(23)25/h3-4,6-7,9-14H,2,5,8,15H2,1H3,(H,22,24). The van der Waals surface area contributed by atoms with Gasteiger partial charge in [-0.05, 0) is 48.2 Å². The maximum atomic E-state index is 12.1. The first-order valence-corrected chi connectivity index (χ1v) is 8.65. The molecule has 0 spiro atoms. The molecule has 0 saturated carbocycles. The average molecular weight is 334 g/mol. The minimum absolute atomic E-state index is 0.153. The van der Waals surface area contributed by atoms with Crippen LogP contribution in [0.3, 0.4) is 0 Å². The van der Waals surface area contributed by atoms with Gasteiger partial charge in [-0.3, -0.25) is 9.59 Å². The van der Waals surface area contributed by atoms with Crippen molar-refractivity contribution in [3.8, 4) is 0 Å². The molecular formula is C21H22N2O2. The Kier molecular flexibility index (Phi) is 5.29. The molecule has 1 fully saturated rings. The smallest absolute Gasteiger partial charge is 0.248 e. The van der Waals surface area contributed by atoms with Crippen molar-refractivity contribution in [1.29, 1.82) is 0 Å². The number of aryl methyl sites for hydroxylation is 1. The lowest BCUT2D eigenvalue weighted by Crippen LogP contribution is -2.23. The first-order valence-electron chi connectivity index (χ1n) is 8.65. The Balaban J connectivity index is 1.63. The number of para-hydroxylation sites is 1. The van der Waals surface area contributed by atoms with Crippen molar-refractivity contribution in [3.63, 3.8) is 0 Å². The minimum atomic E-state index is -0.153. The second kappa shape index (κ2) is 7.79. The van der Waals surface area contributed by atoms with E-state index in [0.29, 0.717) is 6.42 Å². The summed E-state index contributed by atoms with van der Waals surface area (Å²) in [5.41, 5.74) is 3.81. The van der Waals surface area contributed by atoms with Crippen molar-refractivity contribution in [3.05, 3.63) is 65.7 Å². The molecule has 4 heteroatoms. The quantitative estimate of drug-likeness (QED) is 0.839. The van der Waals surface area contributed by atoms with Crippen molar-refractivity contribution in [1.82, 2.24) is 0 Å². The van der Waals surface area contributed by atoms with Crippen LogP contribution in [0.15, 0.2) is 54.6 Å². The molecule has 1 N–H and O–H groups in total. The van der Waals surface area contributed by atoms with Crippen LogP contribution in [-0.4, -0.2) is 18.4 Å². The largest absolute Gasteiger partial charge is 0.322 e. The summed E-state index contributed by atoms with van der Waals surface area (Å²) in [4.78, 5) is 25.7. The number of nitrogens with zero attached hydrogens (tertiary/aromatic N) is 1. The van der Waals surface area contributed by atoms with Crippen LogP contribution in [0, 0.1) is 0 Å². The van der Waals surface area contributed by atoms with Gasteiger partial charge in [0, 0.05) is 30.4 Å². The lowest BCUT2D eigenvalue weighted by atomic mass is 10.1. The van der Waals surface area contributed by atoms with E-state index >= 15 is 0 Å². The lowest BCUT2D eigenvalue weighted by molar-refractivity contribution is -0.117. The van der Waals surface area contributed by atoms with E-state index in [9.17, 15) is 9.59 Å². The number of hydrogen-bond acceptors (Lipinski definition) is 2. The summed E-state index contributed by atoms with van der Waals surface area (Å²) in [6.45, 7) is 2.85. The third-order valence-corrected chi connectivity index (χ3v) is 4.36. The highest BCUT2D eigenvalue weighted by molar-refractivity contribution is 6.02. The number of nitrogens with one attached hydrogen (secondary N) is 1. The number of carbonyl (C=O) groups excluding carboxylic acids is 2. The molecule has 2 aromatic rings. The van der Waals surface area contributed by atoms with Gasteiger partial charge in [-0.25, -0.2) is 0 Å². The van der Waals surface area contributed by atoms with Crippen molar-refractivity contribution >= 4 is 29.3 Å². The molecule has 0 aliphatic carbocycles. The first-order chi connectivity index (χ1) is 12.2. The summed E-state index contributed by atoms with van der Waals surface area (Å²) in [6, 6.07) is 15.5. The number of carbonyl (C=O) groups is 2. The Labute approximate surface area is 148 Å². The van der Waals surface area contributed by atoms with Gasteiger partial charge in [0.05, 0.1) is 0 Å². The molecule has 0 aromatic heterocycles. The lowest BCUT2D eigenvalue weighted by Gasteiger charge is -2.15. The summed E-state index contributed by atoms with van der Waals surface area (Å²) in [5.74, 6) is 0.0250. The van der Waals surface area contributed by atoms with E-state index in [0.717, 1.165) is 41.9 Å². The van der Waals surface area contributed by atoms with Crippen LogP contribution in [-0.2, 0) is 16.0 Å². The number of benzene rings is 2. The molecule has 4 nitrogen and oxygen atoms in total. The molecule has 2 amide bonds. The van der Waals surface area contributed by atoms with Gasteiger partial charge in [-0.2, -0.15) is 0 Å². The normalized spacial score (nSPS) is 14.3. The third kappa shape index (κ3) is 4.15. The second-order valence-corrected chi connectivity index (χ2v) is 6.07. The van der Waals surface area contributed by atoms with E-state index in [1.807, 2.05) is 53.4 Å². The molecule has 25 heavy (non-hydrogen) atoms. The minimum Gasteiger partial charge on any atom is -0.322 e. The average Bonchev–Trinajstić information content (AvgIpc) is 3.07. The van der Waals surface area contributed by atoms with E-state index in [-0.39, 0.29) is 11.8 Å². The van der Waals surface area contributed by atoms with Gasteiger partial charge in [0.1, 0.15) is 0 Å². The number of anilines is 2. The zero-order chi connectivity index (χ0) is 17.6. The molecule has 128 valence electrons. The Morgan fingerprint density at radius 3 is 2.60 bits per heavy atom. The van der Waals surface area contributed by atoms with Crippen LogP contribution < -0.4 is 10.2 Å². The van der Waals surface area contributed by atoms with E-state index < -0.39 is 0 Å². The van der Waals surface area contributed by atoms with Crippen LogP contribution in [0.5, 0.6) is 0 Å². The number of rotatable bonds is 5. The molecule has 0 atom stereocenters. The van der Waals surface area contributed by atoms with Crippen LogP contribution in [0.2, 0.25) is 0 Å². The summed E-state index contributed by atoms with van der Waals surface area (Å²) < 4.78 is 0. The van der Waals surface area contributed by atoms with Crippen LogP contribution >= 0.6 is 0 Å². The monoisotopic (exact) mass is 334 g/mol. The van der Waals surface area contributed by atoms with E-state index in [4.69, 9.17) is 0 Å². The molecule has 2 aromatic carbocycles. The highest BCUT2D eigenvalue weighted by Crippen LogP contribution is 2.22. The zero-order valence-corrected chi connectivity index (χ0v) is 14.4. The van der Waals surface area contributed by atoms with Crippen molar-refractivity contribution in [2.45, 2.75) is 26.2 Å². The summed E-state index contributed by atoms with van der Waals surface area (Å²) in [6.07, 6.45) is 5.72. The molecule has 1 heterocycles. The fourth-order valence-corrected chi connectivity index (χ4v) is 2.98. The van der Waals surface area contributed by atoms with Gasteiger partial charge >= 0.3 is 0 Å². The van der Waals surface area contributed by atoms with Gasteiger partial charge in [0.25, 0.3) is 0 Å². The predicted octanol–water partition coefficient (Wildman–Crippen LogP) is 4.03. The van der Waals surface area contributed by atoms with Crippen LogP contribution in [0.1, 0.15) is 30.9 Å². The summed E-state index contributed by atoms with van der Waals surface area (Å²) in [5, 5.41) is 2.92. The SMILES string of the molecule is CCc1ccccc1NC(=O)C=Cc1ccc(N2CCCC2=O)cc1. The molecule has 0 bridgehead atoms. The summed E-state index contributed by atoms with van der Waals surface area (Å²) in [7, 11) is 0. The molecule has 1 aliphatic heterocycles. The molecule has 0 radical (unpaired) electrons. The first kappa shape index (κ1) is 17.0. The molecule has 1 saturated heterocycles. The zero-order valence-electron chi connectivity index (χ0n) is 14.4. The highest BCUT2D eigenvalue weighted by Gasteiger charge is 2.21. The fraction of sp³-hybridized carbons (Fsp3) is 0.238. The molecule has 1 aliphatic rings. The van der Waals surface area contributed by atoms with Gasteiger partial charge in [-0.15, -0.1) is 0 Å². The van der Waals surface area contributed by atoms with Gasteiger partial charge in [0.2, 0.25) is 11.8 Å². The molecular weight excluding hydrogens is 312 g/mol. The van der Waals surface area contributed by atoms with Crippen LogP contribution in [0.25, 0.3) is 6.08 Å². The van der Waals surface area contributed by atoms with Crippen molar-refractivity contribution < 1.29 is 9.59 Å². The topological polar surface area (TPSA) is 49.4 Å². The van der Waals surface area contributed by atoms with Crippen molar-refractivity contribution in [2.75, 3.05) is 16.8 Å².